The first-order valence-electron chi connectivity index (χ1n) is 9.29. The van der Waals surface area contributed by atoms with E-state index in [1.165, 1.54) is 10.9 Å². The van der Waals surface area contributed by atoms with Gasteiger partial charge in [-0.2, -0.15) is 0 Å². The zero-order valence-electron chi connectivity index (χ0n) is 15.9. The Morgan fingerprint density at radius 3 is 2.67 bits per heavy atom. The van der Waals surface area contributed by atoms with E-state index >= 15 is 0 Å². The van der Waals surface area contributed by atoms with Crippen LogP contribution >= 0.6 is 0 Å². The number of rotatable bonds is 2. The lowest BCUT2D eigenvalue weighted by atomic mass is 10.1. The standard InChI is InChI=1S/C23H21N3O/c1-13(2)20-21-17(11-12-24-20)25-23(26(21)4)16-9-6-8-15-19-14(3)7-5-10-18(19)27-22(15)16/h5-13H,1-4H3. The lowest BCUT2D eigenvalue weighted by molar-refractivity contribution is 0.669. The van der Waals surface area contributed by atoms with Crippen LogP contribution in [0.15, 0.2) is 53.1 Å². The number of aromatic nitrogens is 3. The second kappa shape index (κ2) is 5.68. The summed E-state index contributed by atoms with van der Waals surface area (Å²) in [5.74, 6) is 1.24. The fourth-order valence-corrected chi connectivity index (χ4v) is 4.05. The van der Waals surface area contributed by atoms with Crippen molar-refractivity contribution in [3.8, 4) is 11.4 Å². The van der Waals surface area contributed by atoms with Gasteiger partial charge in [0, 0.05) is 24.0 Å². The number of nitrogens with zero attached hydrogens (tertiary/aromatic N) is 3. The maximum atomic E-state index is 6.28. The van der Waals surface area contributed by atoms with Crippen molar-refractivity contribution in [1.82, 2.24) is 14.5 Å². The minimum absolute atomic E-state index is 0.335. The van der Waals surface area contributed by atoms with Gasteiger partial charge in [-0.25, -0.2) is 4.98 Å². The molecule has 134 valence electrons. The first kappa shape index (κ1) is 16.1. The molecule has 0 N–H and O–H groups in total. The van der Waals surface area contributed by atoms with Crippen molar-refractivity contribution < 1.29 is 4.42 Å². The number of fused-ring (bicyclic) bond motifs is 4. The fourth-order valence-electron chi connectivity index (χ4n) is 4.05. The summed E-state index contributed by atoms with van der Waals surface area (Å²) in [6.45, 7) is 6.45. The Kier molecular flexibility index (Phi) is 3.38. The number of para-hydroxylation sites is 1. The Morgan fingerprint density at radius 2 is 1.85 bits per heavy atom. The summed E-state index contributed by atoms with van der Waals surface area (Å²) in [5, 5.41) is 2.31. The maximum absolute atomic E-state index is 6.28. The zero-order chi connectivity index (χ0) is 18.7. The van der Waals surface area contributed by atoms with Crippen molar-refractivity contribution in [2.75, 3.05) is 0 Å². The van der Waals surface area contributed by atoms with Crippen LogP contribution < -0.4 is 0 Å². The molecule has 3 heterocycles. The van der Waals surface area contributed by atoms with Crippen molar-refractivity contribution in [2.45, 2.75) is 26.7 Å². The van der Waals surface area contributed by atoms with Gasteiger partial charge in [0.1, 0.15) is 17.0 Å². The highest BCUT2D eigenvalue weighted by Crippen LogP contribution is 2.38. The monoisotopic (exact) mass is 355 g/mol. The van der Waals surface area contributed by atoms with Gasteiger partial charge in [0.25, 0.3) is 0 Å². The molecule has 0 aliphatic rings. The van der Waals surface area contributed by atoms with E-state index in [0.717, 1.165) is 44.7 Å². The lowest BCUT2D eigenvalue weighted by Gasteiger charge is -2.08. The summed E-state index contributed by atoms with van der Waals surface area (Å²) in [4.78, 5) is 9.53. The average molecular weight is 355 g/mol. The Bertz CT molecular complexity index is 1320. The lowest BCUT2D eigenvalue weighted by Crippen LogP contribution is -1.99. The number of benzene rings is 2. The van der Waals surface area contributed by atoms with Crippen LogP contribution in [-0.4, -0.2) is 14.5 Å². The largest absolute Gasteiger partial charge is 0.455 e. The molecule has 0 aliphatic carbocycles. The topological polar surface area (TPSA) is 43.9 Å². The summed E-state index contributed by atoms with van der Waals surface area (Å²) in [5.41, 5.74) is 7.17. The molecule has 4 heteroatoms. The molecule has 5 rings (SSSR count). The van der Waals surface area contributed by atoms with Crippen molar-refractivity contribution in [1.29, 1.82) is 0 Å². The number of pyridine rings is 1. The van der Waals surface area contributed by atoms with Gasteiger partial charge in [0.05, 0.1) is 22.3 Å². The van der Waals surface area contributed by atoms with Gasteiger partial charge in [-0.15, -0.1) is 0 Å². The summed E-state index contributed by atoms with van der Waals surface area (Å²) in [6, 6.07) is 14.5. The number of imidazole rings is 1. The Balaban J connectivity index is 1.87. The van der Waals surface area contributed by atoms with Crippen LogP contribution in [0.4, 0.5) is 0 Å². The van der Waals surface area contributed by atoms with Gasteiger partial charge < -0.3 is 8.98 Å². The predicted molar refractivity (Wildman–Crippen MR) is 110 cm³/mol. The Labute approximate surface area is 157 Å². The molecule has 3 aromatic heterocycles. The van der Waals surface area contributed by atoms with Crippen molar-refractivity contribution in [3.63, 3.8) is 0 Å². The molecule has 0 fully saturated rings. The highest BCUT2D eigenvalue weighted by atomic mass is 16.3. The number of hydrogen-bond donors (Lipinski definition) is 0. The first-order valence-corrected chi connectivity index (χ1v) is 9.29. The number of aryl methyl sites for hydroxylation is 2. The Morgan fingerprint density at radius 1 is 1.04 bits per heavy atom. The van der Waals surface area contributed by atoms with Crippen LogP contribution in [0.1, 0.15) is 31.0 Å². The smallest absolute Gasteiger partial charge is 0.146 e. The minimum Gasteiger partial charge on any atom is -0.455 e. The summed E-state index contributed by atoms with van der Waals surface area (Å²) in [6.07, 6.45) is 1.85. The summed E-state index contributed by atoms with van der Waals surface area (Å²) in [7, 11) is 2.06. The van der Waals surface area contributed by atoms with Gasteiger partial charge in [-0.05, 0) is 36.6 Å². The Hall–Kier alpha value is -3.14. The van der Waals surface area contributed by atoms with Gasteiger partial charge in [-0.1, -0.05) is 38.1 Å². The van der Waals surface area contributed by atoms with Crippen LogP contribution in [0.2, 0.25) is 0 Å². The summed E-state index contributed by atoms with van der Waals surface area (Å²) >= 11 is 0. The maximum Gasteiger partial charge on any atom is 0.146 e. The molecule has 0 spiro atoms. The quantitative estimate of drug-likeness (QED) is 0.392. The fraction of sp³-hybridized carbons (Fsp3) is 0.217. The van der Waals surface area contributed by atoms with E-state index < -0.39 is 0 Å². The highest BCUT2D eigenvalue weighted by Gasteiger charge is 2.20. The van der Waals surface area contributed by atoms with E-state index in [1.54, 1.807) is 0 Å². The van der Waals surface area contributed by atoms with Crippen LogP contribution in [0.3, 0.4) is 0 Å². The van der Waals surface area contributed by atoms with Gasteiger partial charge in [0.2, 0.25) is 0 Å². The third-order valence-electron chi connectivity index (χ3n) is 5.33. The SMILES string of the molecule is Cc1cccc2oc3c(-c4nc5ccnc(C(C)C)c5n4C)cccc3c12. The third kappa shape index (κ3) is 2.23. The van der Waals surface area contributed by atoms with Crippen LogP contribution in [-0.2, 0) is 7.05 Å². The van der Waals surface area contributed by atoms with Crippen molar-refractivity contribution >= 4 is 33.0 Å². The molecule has 0 aliphatic heterocycles. The van der Waals surface area contributed by atoms with E-state index in [9.17, 15) is 0 Å². The average Bonchev–Trinajstić information content (AvgIpc) is 3.20. The molecule has 0 radical (unpaired) electrons. The highest BCUT2D eigenvalue weighted by molar-refractivity contribution is 6.10. The molecule has 0 bridgehead atoms. The molecule has 0 unspecified atom stereocenters. The van der Waals surface area contributed by atoms with Crippen LogP contribution in [0, 0.1) is 6.92 Å². The van der Waals surface area contributed by atoms with Gasteiger partial charge >= 0.3 is 0 Å². The molecule has 0 amide bonds. The van der Waals surface area contributed by atoms with Crippen molar-refractivity contribution in [3.05, 3.63) is 59.9 Å². The molecule has 27 heavy (non-hydrogen) atoms. The number of hydrogen-bond acceptors (Lipinski definition) is 3. The normalized spacial score (nSPS) is 12.0. The van der Waals surface area contributed by atoms with E-state index in [4.69, 9.17) is 9.40 Å². The molecular weight excluding hydrogens is 334 g/mol. The third-order valence-corrected chi connectivity index (χ3v) is 5.33. The summed E-state index contributed by atoms with van der Waals surface area (Å²) < 4.78 is 8.42. The van der Waals surface area contributed by atoms with E-state index in [1.807, 2.05) is 24.4 Å². The molecule has 0 atom stereocenters. The number of furan rings is 1. The molecule has 0 saturated heterocycles. The molecular formula is C23H21N3O. The second-order valence-electron chi connectivity index (χ2n) is 7.45. The molecule has 0 saturated carbocycles. The van der Waals surface area contributed by atoms with E-state index in [0.29, 0.717) is 5.92 Å². The predicted octanol–water partition coefficient (Wildman–Crippen LogP) is 5.97. The molecule has 4 nitrogen and oxygen atoms in total. The first-order chi connectivity index (χ1) is 13.1. The molecule has 5 aromatic rings. The van der Waals surface area contributed by atoms with E-state index in [-0.39, 0.29) is 0 Å². The van der Waals surface area contributed by atoms with Gasteiger partial charge in [0.15, 0.2) is 0 Å². The van der Waals surface area contributed by atoms with Crippen LogP contribution in [0.25, 0.3) is 44.4 Å². The molecule has 2 aromatic carbocycles. The minimum atomic E-state index is 0.335. The van der Waals surface area contributed by atoms with Crippen molar-refractivity contribution in [2.24, 2.45) is 7.05 Å². The van der Waals surface area contributed by atoms with Gasteiger partial charge in [-0.3, -0.25) is 4.98 Å². The second-order valence-corrected chi connectivity index (χ2v) is 7.45. The van der Waals surface area contributed by atoms with Crippen LogP contribution in [0.5, 0.6) is 0 Å². The zero-order valence-corrected chi connectivity index (χ0v) is 15.9. The van der Waals surface area contributed by atoms with E-state index in [2.05, 4.69) is 61.6 Å².